The minimum absolute atomic E-state index is 0.0936. The molecule has 2 atom stereocenters. The highest BCUT2D eigenvalue weighted by atomic mass is 19.1. The third-order valence-electron chi connectivity index (χ3n) is 2.38. The fourth-order valence-corrected chi connectivity index (χ4v) is 1.52. The third kappa shape index (κ3) is 2.41. The number of rotatable bonds is 1. The van der Waals surface area contributed by atoms with Crippen molar-refractivity contribution in [1.29, 1.82) is 5.26 Å². The van der Waals surface area contributed by atoms with Crippen molar-refractivity contribution >= 4 is 5.91 Å². The molecule has 0 aromatic heterocycles. The number of nitrogens with zero attached hydrogens (tertiary/aromatic N) is 2. The van der Waals surface area contributed by atoms with Crippen molar-refractivity contribution in [1.82, 2.24) is 4.90 Å². The van der Waals surface area contributed by atoms with Crippen molar-refractivity contribution < 1.29 is 9.18 Å². The molecule has 1 fully saturated rings. The summed E-state index contributed by atoms with van der Waals surface area (Å²) in [5, 5.41) is 8.31. The van der Waals surface area contributed by atoms with Crippen LogP contribution in [0, 0.1) is 17.2 Å². The van der Waals surface area contributed by atoms with E-state index in [1.54, 1.807) is 17.9 Å². The smallest absolute Gasteiger partial charge is 0.236 e. The predicted molar refractivity (Wildman–Crippen MR) is 45.5 cm³/mol. The van der Waals surface area contributed by atoms with Gasteiger partial charge in [-0.25, -0.2) is 4.39 Å². The van der Waals surface area contributed by atoms with Gasteiger partial charge in [0.05, 0.1) is 6.07 Å². The number of amides is 1. The lowest BCUT2D eigenvalue weighted by atomic mass is 9.98. The van der Waals surface area contributed by atoms with E-state index < -0.39 is 6.17 Å². The Morgan fingerprint density at radius 3 is 3.00 bits per heavy atom. The predicted octanol–water partition coefficient (Wildman–Crippen LogP) is 1.11. The molecular formula is C9H13FN2O. The quantitative estimate of drug-likeness (QED) is 0.612. The van der Waals surface area contributed by atoms with Gasteiger partial charge >= 0.3 is 0 Å². The summed E-state index contributed by atoms with van der Waals surface area (Å²) in [6.07, 6.45) is -0.492. The Labute approximate surface area is 77.1 Å². The highest BCUT2D eigenvalue weighted by Gasteiger charge is 2.27. The Kier molecular flexibility index (Phi) is 3.24. The number of hydrogen-bond donors (Lipinski definition) is 0. The summed E-state index contributed by atoms with van der Waals surface area (Å²) < 4.78 is 13.0. The number of halogens is 1. The van der Waals surface area contributed by atoms with E-state index >= 15 is 0 Å². The van der Waals surface area contributed by atoms with Gasteiger partial charge in [0.15, 0.2) is 0 Å². The Bertz CT molecular complexity index is 236. The Morgan fingerprint density at radius 2 is 2.46 bits per heavy atom. The summed E-state index contributed by atoms with van der Waals surface area (Å²) in [6.45, 7) is 2.68. The van der Waals surface area contributed by atoms with Crippen LogP contribution in [0.15, 0.2) is 0 Å². The molecule has 0 saturated carbocycles. The first kappa shape index (κ1) is 9.97. The maximum Gasteiger partial charge on any atom is 0.236 e. The molecule has 0 bridgehead atoms. The Morgan fingerprint density at radius 1 is 1.77 bits per heavy atom. The van der Waals surface area contributed by atoms with Gasteiger partial charge in [0.25, 0.3) is 0 Å². The summed E-state index contributed by atoms with van der Waals surface area (Å²) in [6, 6.07) is 1.81. The van der Waals surface area contributed by atoms with Crippen LogP contribution in [0.4, 0.5) is 4.39 Å². The molecule has 1 amide bonds. The van der Waals surface area contributed by atoms with Crippen LogP contribution in [0.25, 0.3) is 0 Å². The highest BCUT2D eigenvalue weighted by Crippen LogP contribution is 2.19. The summed E-state index contributed by atoms with van der Waals surface area (Å²) in [5.41, 5.74) is 0. The van der Waals surface area contributed by atoms with E-state index in [0.717, 1.165) is 0 Å². The molecule has 1 saturated heterocycles. The molecular weight excluding hydrogens is 171 g/mol. The fourth-order valence-electron chi connectivity index (χ4n) is 1.52. The molecule has 0 radical (unpaired) electrons. The standard InChI is InChI=1S/C9H13FN2O/c1-7-6-12(5-3-8(7)10)9(13)2-4-11/h7-8H,2-3,5-6H2,1H3. The molecule has 1 heterocycles. The maximum atomic E-state index is 13.0. The van der Waals surface area contributed by atoms with Crippen LogP contribution in [-0.2, 0) is 4.79 Å². The second-order valence-electron chi connectivity index (χ2n) is 3.46. The molecule has 2 unspecified atom stereocenters. The molecule has 0 N–H and O–H groups in total. The molecule has 13 heavy (non-hydrogen) atoms. The second-order valence-corrected chi connectivity index (χ2v) is 3.46. The van der Waals surface area contributed by atoms with Crippen LogP contribution in [0.5, 0.6) is 0 Å². The number of carbonyl (C=O) groups excluding carboxylic acids is 1. The van der Waals surface area contributed by atoms with Crippen molar-refractivity contribution in [2.45, 2.75) is 25.9 Å². The topological polar surface area (TPSA) is 44.1 Å². The summed E-state index contributed by atoms with van der Waals surface area (Å²) in [4.78, 5) is 12.8. The van der Waals surface area contributed by atoms with E-state index in [2.05, 4.69) is 0 Å². The van der Waals surface area contributed by atoms with Crippen molar-refractivity contribution in [2.75, 3.05) is 13.1 Å². The number of piperidine rings is 1. The lowest BCUT2D eigenvalue weighted by Crippen LogP contribution is -2.43. The number of carbonyl (C=O) groups is 1. The lowest BCUT2D eigenvalue weighted by Gasteiger charge is -2.32. The zero-order valence-electron chi connectivity index (χ0n) is 7.66. The van der Waals surface area contributed by atoms with Gasteiger partial charge in [-0.3, -0.25) is 4.79 Å². The SMILES string of the molecule is CC1CN(C(=O)CC#N)CCC1F. The van der Waals surface area contributed by atoms with Crippen LogP contribution >= 0.6 is 0 Å². The van der Waals surface area contributed by atoms with Gasteiger partial charge in [-0.15, -0.1) is 0 Å². The first-order valence-electron chi connectivity index (χ1n) is 4.44. The maximum absolute atomic E-state index is 13.0. The second kappa shape index (κ2) is 4.22. The van der Waals surface area contributed by atoms with E-state index in [1.165, 1.54) is 0 Å². The first-order chi connectivity index (χ1) is 6.15. The van der Waals surface area contributed by atoms with Gasteiger partial charge in [0.2, 0.25) is 5.91 Å². The molecule has 72 valence electrons. The zero-order chi connectivity index (χ0) is 9.84. The zero-order valence-corrected chi connectivity index (χ0v) is 7.66. The molecule has 1 aliphatic heterocycles. The van der Waals surface area contributed by atoms with Gasteiger partial charge in [-0.1, -0.05) is 6.92 Å². The number of hydrogen-bond acceptors (Lipinski definition) is 2. The van der Waals surface area contributed by atoms with Crippen molar-refractivity contribution in [2.24, 2.45) is 5.92 Å². The molecule has 4 heteroatoms. The van der Waals surface area contributed by atoms with Crippen LogP contribution in [0.1, 0.15) is 19.8 Å². The monoisotopic (exact) mass is 184 g/mol. The summed E-state index contributed by atoms with van der Waals surface area (Å²) in [7, 11) is 0. The van der Waals surface area contributed by atoms with Crippen LogP contribution in [0.2, 0.25) is 0 Å². The molecule has 0 aromatic rings. The first-order valence-corrected chi connectivity index (χ1v) is 4.44. The van der Waals surface area contributed by atoms with Gasteiger partial charge < -0.3 is 4.90 Å². The van der Waals surface area contributed by atoms with Crippen LogP contribution < -0.4 is 0 Å². The minimum atomic E-state index is -0.800. The van der Waals surface area contributed by atoms with Gasteiger partial charge in [-0.2, -0.15) is 5.26 Å². The average molecular weight is 184 g/mol. The lowest BCUT2D eigenvalue weighted by molar-refractivity contribution is -0.132. The summed E-state index contributed by atoms with van der Waals surface area (Å²) in [5.74, 6) is -0.280. The average Bonchev–Trinajstić information content (AvgIpc) is 2.10. The highest BCUT2D eigenvalue weighted by molar-refractivity contribution is 5.78. The van der Waals surface area contributed by atoms with E-state index in [-0.39, 0.29) is 18.2 Å². The van der Waals surface area contributed by atoms with Crippen molar-refractivity contribution in [3.63, 3.8) is 0 Å². The Balaban J connectivity index is 2.46. The normalized spacial score (nSPS) is 28.2. The van der Waals surface area contributed by atoms with Crippen LogP contribution in [0.3, 0.4) is 0 Å². The van der Waals surface area contributed by atoms with Gasteiger partial charge in [-0.05, 0) is 6.42 Å². The molecule has 0 aliphatic carbocycles. The molecule has 0 spiro atoms. The number of likely N-dealkylation sites (tertiary alicyclic amines) is 1. The largest absolute Gasteiger partial charge is 0.341 e. The van der Waals surface area contributed by atoms with Crippen molar-refractivity contribution in [3.8, 4) is 6.07 Å². The summed E-state index contributed by atoms with van der Waals surface area (Å²) >= 11 is 0. The number of alkyl halides is 1. The van der Waals surface area contributed by atoms with Gasteiger partial charge in [0.1, 0.15) is 12.6 Å². The molecule has 1 rings (SSSR count). The van der Waals surface area contributed by atoms with Crippen LogP contribution in [-0.4, -0.2) is 30.1 Å². The van der Waals surface area contributed by atoms with E-state index in [4.69, 9.17) is 5.26 Å². The van der Waals surface area contributed by atoms with Gasteiger partial charge in [0, 0.05) is 19.0 Å². The van der Waals surface area contributed by atoms with Crippen molar-refractivity contribution in [3.05, 3.63) is 0 Å². The molecule has 3 nitrogen and oxygen atoms in total. The Hall–Kier alpha value is -1.11. The third-order valence-corrected chi connectivity index (χ3v) is 2.38. The molecule has 1 aliphatic rings. The molecule has 0 aromatic carbocycles. The number of nitriles is 1. The van der Waals surface area contributed by atoms with E-state index in [0.29, 0.717) is 19.5 Å². The van der Waals surface area contributed by atoms with E-state index in [1.807, 2.05) is 0 Å². The minimum Gasteiger partial charge on any atom is -0.341 e. The fraction of sp³-hybridized carbons (Fsp3) is 0.778. The van der Waals surface area contributed by atoms with E-state index in [9.17, 15) is 9.18 Å².